The predicted octanol–water partition coefficient (Wildman–Crippen LogP) is 4.45. The summed E-state index contributed by atoms with van der Waals surface area (Å²) in [4.78, 5) is 27.2. The minimum atomic E-state index is -0.211. The molecule has 2 amide bonds. The third-order valence-electron chi connectivity index (χ3n) is 4.78. The Hall–Kier alpha value is -2.33. The van der Waals surface area contributed by atoms with Crippen molar-refractivity contribution in [2.45, 2.75) is 26.7 Å². The molecule has 0 radical (unpaired) electrons. The molecule has 2 aromatic rings. The maximum Gasteiger partial charge on any atom is 0.253 e. The van der Waals surface area contributed by atoms with Crippen LogP contribution in [0.3, 0.4) is 0 Å². The van der Waals surface area contributed by atoms with Gasteiger partial charge in [0.15, 0.2) is 0 Å². The summed E-state index contributed by atoms with van der Waals surface area (Å²) in [5.74, 6) is -0.283. The van der Waals surface area contributed by atoms with Crippen molar-refractivity contribution in [1.82, 2.24) is 4.90 Å². The molecule has 136 valence electrons. The fraction of sp³-hybridized carbons (Fsp3) is 0.333. The van der Waals surface area contributed by atoms with Gasteiger partial charge in [0, 0.05) is 29.4 Å². The second kappa shape index (κ2) is 7.92. The molecular weight excluding hydrogens is 348 g/mol. The van der Waals surface area contributed by atoms with Crippen LogP contribution in [0.25, 0.3) is 0 Å². The second-order valence-electron chi connectivity index (χ2n) is 6.91. The van der Waals surface area contributed by atoms with Crippen molar-refractivity contribution in [2.24, 2.45) is 5.92 Å². The highest BCUT2D eigenvalue weighted by Crippen LogP contribution is 2.23. The summed E-state index contributed by atoms with van der Waals surface area (Å²) in [6.07, 6.45) is 1.60. The molecular formula is C21H23ClN2O2. The molecule has 0 aromatic heterocycles. The number of likely N-dealkylation sites (tertiary alicyclic amines) is 1. The maximum atomic E-state index is 12.7. The molecule has 0 unspecified atom stereocenters. The highest BCUT2D eigenvalue weighted by Gasteiger charge is 2.29. The molecule has 1 saturated heterocycles. The zero-order valence-electron chi connectivity index (χ0n) is 15.1. The van der Waals surface area contributed by atoms with Crippen molar-refractivity contribution >= 4 is 29.1 Å². The number of carbonyl (C=O) groups is 2. The number of piperidine rings is 1. The van der Waals surface area contributed by atoms with Gasteiger partial charge in [0.05, 0.1) is 5.92 Å². The van der Waals surface area contributed by atoms with Gasteiger partial charge in [0.2, 0.25) is 5.91 Å². The van der Waals surface area contributed by atoms with Gasteiger partial charge in [-0.1, -0.05) is 35.4 Å². The van der Waals surface area contributed by atoms with Crippen LogP contribution in [0, 0.1) is 19.8 Å². The Morgan fingerprint density at radius 1 is 1.15 bits per heavy atom. The summed E-state index contributed by atoms with van der Waals surface area (Å²) in [5.41, 5.74) is 3.39. The predicted molar refractivity (Wildman–Crippen MR) is 105 cm³/mol. The van der Waals surface area contributed by atoms with Crippen LogP contribution < -0.4 is 5.32 Å². The quantitative estimate of drug-likeness (QED) is 0.867. The Morgan fingerprint density at radius 3 is 2.69 bits per heavy atom. The summed E-state index contributed by atoms with van der Waals surface area (Å²) in [7, 11) is 0. The average molecular weight is 371 g/mol. The van der Waals surface area contributed by atoms with Crippen LogP contribution in [0.4, 0.5) is 5.69 Å². The zero-order valence-corrected chi connectivity index (χ0v) is 15.8. The minimum Gasteiger partial charge on any atom is -0.338 e. The molecule has 0 bridgehead atoms. The van der Waals surface area contributed by atoms with Crippen molar-refractivity contribution in [3.05, 3.63) is 64.2 Å². The van der Waals surface area contributed by atoms with Gasteiger partial charge in [0.1, 0.15) is 0 Å². The van der Waals surface area contributed by atoms with Crippen molar-refractivity contribution in [3.63, 3.8) is 0 Å². The molecule has 2 aromatic carbocycles. The maximum absolute atomic E-state index is 12.7. The number of aryl methyl sites for hydroxylation is 2. The number of amides is 2. The van der Waals surface area contributed by atoms with Gasteiger partial charge in [-0.3, -0.25) is 9.59 Å². The molecule has 1 atom stereocenters. The SMILES string of the molecule is Cc1cccc(C(=O)N2CCC[C@@H](C(=O)Nc3ccc(C)c(Cl)c3)C2)c1. The average Bonchev–Trinajstić information content (AvgIpc) is 2.64. The normalized spacial score (nSPS) is 17.0. The molecule has 26 heavy (non-hydrogen) atoms. The zero-order chi connectivity index (χ0) is 18.7. The fourth-order valence-electron chi connectivity index (χ4n) is 3.25. The lowest BCUT2D eigenvalue weighted by Gasteiger charge is -2.32. The van der Waals surface area contributed by atoms with Crippen molar-refractivity contribution in [1.29, 1.82) is 0 Å². The summed E-state index contributed by atoms with van der Waals surface area (Å²) in [6.45, 7) is 5.02. The number of carbonyl (C=O) groups excluding carboxylic acids is 2. The lowest BCUT2D eigenvalue weighted by atomic mass is 9.96. The van der Waals surface area contributed by atoms with Gasteiger partial charge < -0.3 is 10.2 Å². The van der Waals surface area contributed by atoms with Crippen LogP contribution in [-0.4, -0.2) is 29.8 Å². The molecule has 1 aliphatic rings. The van der Waals surface area contributed by atoms with E-state index in [0.29, 0.717) is 29.4 Å². The van der Waals surface area contributed by atoms with Crippen LogP contribution in [0.1, 0.15) is 34.3 Å². The Kier molecular flexibility index (Phi) is 5.62. The number of rotatable bonds is 3. The first-order valence-corrected chi connectivity index (χ1v) is 9.25. The molecule has 0 saturated carbocycles. The van der Waals surface area contributed by atoms with Gasteiger partial charge in [0.25, 0.3) is 5.91 Å². The van der Waals surface area contributed by atoms with Crippen LogP contribution in [0.5, 0.6) is 0 Å². The highest BCUT2D eigenvalue weighted by molar-refractivity contribution is 6.31. The van der Waals surface area contributed by atoms with E-state index in [1.54, 1.807) is 11.0 Å². The molecule has 1 fully saturated rings. The van der Waals surface area contributed by atoms with Crippen LogP contribution in [-0.2, 0) is 4.79 Å². The first-order chi connectivity index (χ1) is 12.4. The largest absolute Gasteiger partial charge is 0.338 e. The minimum absolute atomic E-state index is 0.00965. The van der Waals surface area contributed by atoms with Gasteiger partial charge >= 0.3 is 0 Å². The Balaban J connectivity index is 1.66. The Morgan fingerprint density at radius 2 is 1.96 bits per heavy atom. The van der Waals surface area contributed by atoms with E-state index in [1.165, 1.54) is 0 Å². The van der Waals surface area contributed by atoms with E-state index in [2.05, 4.69) is 5.32 Å². The Bertz CT molecular complexity index is 835. The second-order valence-corrected chi connectivity index (χ2v) is 7.32. The van der Waals surface area contributed by atoms with E-state index in [-0.39, 0.29) is 17.7 Å². The van der Waals surface area contributed by atoms with Crippen molar-refractivity contribution < 1.29 is 9.59 Å². The molecule has 4 nitrogen and oxygen atoms in total. The molecule has 1 aliphatic heterocycles. The van der Waals surface area contributed by atoms with E-state index in [9.17, 15) is 9.59 Å². The summed E-state index contributed by atoms with van der Waals surface area (Å²) in [6, 6.07) is 13.1. The molecule has 0 spiro atoms. The van der Waals surface area contributed by atoms with E-state index >= 15 is 0 Å². The smallest absolute Gasteiger partial charge is 0.253 e. The number of benzene rings is 2. The molecule has 1 heterocycles. The van der Waals surface area contributed by atoms with Crippen LogP contribution in [0.15, 0.2) is 42.5 Å². The third-order valence-corrected chi connectivity index (χ3v) is 5.19. The number of hydrogen-bond donors (Lipinski definition) is 1. The fourth-order valence-corrected chi connectivity index (χ4v) is 3.43. The van der Waals surface area contributed by atoms with Gasteiger partial charge in [-0.25, -0.2) is 0 Å². The Labute approximate surface area is 159 Å². The topological polar surface area (TPSA) is 49.4 Å². The van der Waals surface area contributed by atoms with E-state index < -0.39 is 0 Å². The summed E-state index contributed by atoms with van der Waals surface area (Å²) < 4.78 is 0. The number of anilines is 1. The highest BCUT2D eigenvalue weighted by atomic mass is 35.5. The first kappa shape index (κ1) is 18.5. The molecule has 5 heteroatoms. The lowest BCUT2D eigenvalue weighted by molar-refractivity contribution is -0.121. The monoisotopic (exact) mass is 370 g/mol. The van der Waals surface area contributed by atoms with Gasteiger partial charge in [-0.15, -0.1) is 0 Å². The molecule has 0 aliphatic carbocycles. The number of hydrogen-bond acceptors (Lipinski definition) is 2. The molecule has 3 rings (SSSR count). The van der Waals surface area contributed by atoms with Crippen molar-refractivity contribution in [2.75, 3.05) is 18.4 Å². The van der Waals surface area contributed by atoms with Gasteiger partial charge in [-0.05, 0) is 56.5 Å². The molecule has 1 N–H and O–H groups in total. The standard InChI is InChI=1S/C21H23ClN2O2/c1-14-5-3-6-16(11-14)21(26)24-10-4-7-17(13-24)20(25)23-18-9-8-15(2)19(22)12-18/h3,5-6,8-9,11-12,17H,4,7,10,13H2,1-2H3,(H,23,25)/t17-/m1/s1. The number of nitrogens with zero attached hydrogens (tertiary/aromatic N) is 1. The summed E-state index contributed by atoms with van der Waals surface area (Å²) in [5, 5.41) is 3.55. The van der Waals surface area contributed by atoms with E-state index in [1.807, 2.05) is 50.2 Å². The summed E-state index contributed by atoms with van der Waals surface area (Å²) >= 11 is 6.12. The van der Waals surface area contributed by atoms with Crippen LogP contribution >= 0.6 is 11.6 Å². The number of halogens is 1. The van der Waals surface area contributed by atoms with Crippen molar-refractivity contribution in [3.8, 4) is 0 Å². The van der Waals surface area contributed by atoms with Gasteiger partial charge in [-0.2, -0.15) is 0 Å². The van der Waals surface area contributed by atoms with E-state index in [4.69, 9.17) is 11.6 Å². The lowest BCUT2D eigenvalue weighted by Crippen LogP contribution is -2.43. The van der Waals surface area contributed by atoms with E-state index in [0.717, 1.165) is 24.0 Å². The third kappa shape index (κ3) is 4.25. The first-order valence-electron chi connectivity index (χ1n) is 8.87. The van der Waals surface area contributed by atoms with Crippen LogP contribution in [0.2, 0.25) is 5.02 Å². The number of nitrogens with one attached hydrogen (secondary N) is 1.